The van der Waals surface area contributed by atoms with Gasteiger partial charge in [0.05, 0.1) is 12.7 Å². The van der Waals surface area contributed by atoms with Gasteiger partial charge in [0.2, 0.25) is 5.91 Å². The second-order valence-electron chi connectivity index (χ2n) is 7.09. The molecule has 22 heavy (non-hydrogen) atoms. The van der Waals surface area contributed by atoms with Gasteiger partial charge in [-0.05, 0) is 24.8 Å². The molecule has 3 heteroatoms. The average Bonchev–Trinajstić information content (AvgIpc) is 2.45. The number of carbonyl (C=O) groups excluding carboxylic acids is 1. The molecule has 0 aliphatic carbocycles. The maximum atomic E-state index is 11.9. The van der Waals surface area contributed by atoms with Gasteiger partial charge in [0.1, 0.15) is 0 Å². The molecule has 0 saturated heterocycles. The zero-order valence-corrected chi connectivity index (χ0v) is 14.7. The van der Waals surface area contributed by atoms with Crippen LogP contribution in [0.25, 0.3) is 0 Å². The molecule has 1 atom stereocenters. The summed E-state index contributed by atoms with van der Waals surface area (Å²) in [6.07, 6.45) is 1.67. The quantitative estimate of drug-likeness (QED) is 0.751. The minimum absolute atomic E-state index is 0.0563. The van der Waals surface area contributed by atoms with Gasteiger partial charge in [0.25, 0.3) is 0 Å². The SMILES string of the molecule is CC(C)C[C@H](C)OCCC(=O)NCC(C)(C)c1ccccc1. The molecule has 0 saturated carbocycles. The maximum Gasteiger partial charge on any atom is 0.222 e. The predicted octanol–water partition coefficient (Wildman–Crippen LogP) is 3.92. The van der Waals surface area contributed by atoms with Crippen LogP contribution in [-0.2, 0) is 14.9 Å². The fourth-order valence-electron chi connectivity index (χ4n) is 2.48. The molecule has 1 N–H and O–H groups in total. The van der Waals surface area contributed by atoms with Crippen LogP contribution in [-0.4, -0.2) is 25.2 Å². The first kappa shape index (κ1) is 18.7. The molecule has 0 aliphatic rings. The molecule has 124 valence electrons. The second kappa shape index (κ2) is 8.94. The fourth-order valence-corrected chi connectivity index (χ4v) is 2.48. The summed E-state index contributed by atoms with van der Waals surface area (Å²) >= 11 is 0. The Balaban J connectivity index is 2.28. The molecule has 0 radical (unpaired) electrons. The van der Waals surface area contributed by atoms with E-state index in [1.165, 1.54) is 5.56 Å². The Bertz CT molecular complexity index is 440. The topological polar surface area (TPSA) is 38.3 Å². The van der Waals surface area contributed by atoms with E-state index in [9.17, 15) is 4.79 Å². The smallest absolute Gasteiger partial charge is 0.222 e. The summed E-state index contributed by atoms with van der Waals surface area (Å²) in [6, 6.07) is 10.3. The molecule has 0 fully saturated rings. The van der Waals surface area contributed by atoms with Crippen LogP contribution in [0.2, 0.25) is 0 Å². The van der Waals surface area contributed by atoms with E-state index in [4.69, 9.17) is 4.74 Å². The van der Waals surface area contributed by atoms with Crippen molar-refractivity contribution in [2.24, 2.45) is 5.92 Å². The molecular weight excluding hydrogens is 274 g/mol. The van der Waals surface area contributed by atoms with E-state index in [0.29, 0.717) is 25.5 Å². The summed E-state index contributed by atoms with van der Waals surface area (Å²) in [5.41, 5.74) is 1.17. The standard InChI is InChI=1S/C19H31NO2/c1-15(2)13-16(3)22-12-11-18(21)20-14-19(4,5)17-9-7-6-8-10-17/h6-10,15-16H,11-14H2,1-5H3,(H,20,21)/t16-/m0/s1. The van der Waals surface area contributed by atoms with E-state index >= 15 is 0 Å². The first-order chi connectivity index (χ1) is 10.3. The Morgan fingerprint density at radius 1 is 1.18 bits per heavy atom. The normalized spacial score (nSPS) is 13.2. The number of benzene rings is 1. The second-order valence-corrected chi connectivity index (χ2v) is 7.09. The van der Waals surface area contributed by atoms with Crippen molar-refractivity contribution in [3.05, 3.63) is 35.9 Å². The Morgan fingerprint density at radius 2 is 1.82 bits per heavy atom. The maximum absolute atomic E-state index is 11.9. The average molecular weight is 305 g/mol. The highest BCUT2D eigenvalue weighted by Gasteiger charge is 2.20. The number of amides is 1. The lowest BCUT2D eigenvalue weighted by Gasteiger charge is -2.25. The van der Waals surface area contributed by atoms with Crippen LogP contribution < -0.4 is 5.32 Å². The van der Waals surface area contributed by atoms with Gasteiger partial charge in [0.15, 0.2) is 0 Å². The molecule has 3 nitrogen and oxygen atoms in total. The van der Waals surface area contributed by atoms with Gasteiger partial charge in [-0.3, -0.25) is 4.79 Å². The van der Waals surface area contributed by atoms with Crippen molar-refractivity contribution in [3.63, 3.8) is 0 Å². The van der Waals surface area contributed by atoms with Gasteiger partial charge in [-0.25, -0.2) is 0 Å². The third kappa shape index (κ3) is 7.08. The Hall–Kier alpha value is -1.35. The molecule has 0 unspecified atom stereocenters. The van der Waals surface area contributed by atoms with Crippen molar-refractivity contribution in [2.75, 3.05) is 13.2 Å². The third-order valence-electron chi connectivity index (χ3n) is 3.82. The van der Waals surface area contributed by atoms with E-state index in [2.05, 4.69) is 52.1 Å². The van der Waals surface area contributed by atoms with Gasteiger partial charge >= 0.3 is 0 Å². The van der Waals surface area contributed by atoms with Gasteiger partial charge in [0, 0.05) is 18.4 Å². The van der Waals surface area contributed by atoms with Crippen LogP contribution in [0.15, 0.2) is 30.3 Å². The molecule has 1 amide bonds. The van der Waals surface area contributed by atoms with E-state index in [0.717, 1.165) is 6.42 Å². The molecule has 0 heterocycles. The fraction of sp³-hybridized carbons (Fsp3) is 0.632. The molecule has 1 rings (SSSR count). The van der Waals surface area contributed by atoms with Gasteiger partial charge < -0.3 is 10.1 Å². The molecule has 1 aromatic carbocycles. The summed E-state index contributed by atoms with van der Waals surface area (Å²) in [6.45, 7) is 11.8. The number of ether oxygens (including phenoxy) is 1. The van der Waals surface area contributed by atoms with Crippen LogP contribution >= 0.6 is 0 Å². The van der Waals surface area contributed by atoms with E-state index in [1.807, 2.05) is 18.2 Å². The number of nitrogens with one attached hydrogen (secondary N) is 1. The zero-order valence-electron chi connectivity index (χ0n) is 14.7. The van der Waals surface area contributed by atoms with E-state index in [-0.39, 0.29) is 17.4 Å². The van der Waals surface area contributed by atoms with Crippen molar-refractivity contribution < 1.29 is 9.53 Å². The summed E-state index contributed by atoms with van der Waals surface area (Å²) in [5, 5.41) is 3.02. The number of rotatable bonds is 9. The first-order valence-electron chi connectivity index (χ1n) is 8.25. The summed E-state index contributed by atoms with van der Waals surface area (Å²) in [4.78, 5) is 11.9. The highest BCUT2D eigenvalue weighted by atomic mass is 16.5. The van der Waals surface area contributed by atoms with Gasteiger partial charge in [-0.15, -0.1) is 0 Å². The monoisotopic (exact) mass is 305 g/mol. The lowest BCUT2D eigenvalue weighted by Crippen LogP contribution is -2.37. The summed E-state index contributed by atoms with van der Waals surface area (Å²) in [7, 11) is 0. The van der Waals surface area contributed by atoms with Crippen LogP contribution in [0.1, 0.15) is 53.0 Å². The van der Waals surface area contributed by atoms with Crippen molar-refractivity contribution >= 4 is 5.91 Å². The van der Waals surface area contributed by atoms with Crippen LogP contribution in [0.3, 0.4) is 0 Å². The Morgan fingerprint density at radius 3 is 2.41 bits per heavy atom. The molecule has 0 aromatic heterocycles. The van der Waals surface area contributed by atoms with Gasteiger partial charge in [-0.2, -0.15) is 0 Å². The van der Waals surface area contributed by atoms with Gasteiger partial charge in [-0.1, -0.05) is 58.0 Å². The highest BCUT2D eigenvalue weighted by Crippen LogP contribution is 2.21. The zero-order chi connectivity index (χ0) is 16.6. The summed E-state index contributed by atoms with van der Waals surface area (Å²) in [5.74, 6) is 0.677. The van der Waals surface area contributed by atoms with Crippen LogP contribution in [0.5, 0.6) is 0 Å². The van der Waals surface area contributed by atoms with Crippen LogP contribution in [0.4, 0.5) is 0 Å². The molecule has 1 aromatic rings. The molecule has 0 spiro atoms. The van der Waals surface area contributed by atoms with Crippen molar-refractivity contribution in [2.45, 2.75) is 59.0 Å². The minimum atomic E-state index is -0.0668. The first-order valence-corrected chi connectivity index (χ1v) is 8.25. The molecule has 0 aliphatic heterocycles. The largest absolute Gasteiger partial charge is 0.378 e. The van der Waals surface area contributed by atoms with E-state index in [1.54, 1.807) is 0 Å². The third-order valence-corrected chi connectivity index (χ3v) is 3.82. The van der Waals surface area contributed by atoms with Crippen molar-refractivity contribution in [1.29, 1.82) is 0 Å². The lowest BCUT2D eigenvalue weighted by molar-refractivity contribution is -0.122. The molecular formula is C19H31NO2. The van der Waals surface area contributed by atoms with Crippen LogP contribution in [0, 0.1) is 5.92 Å². The van der Waals surface area contributed by atoms with Crippen molar-refractivity contribution in [3.8, 4) is 0 Å². The highest BCUT2D eigenvalue weighted by molar-refractivity contribution is 5.76. The minimum Gasteiger partial charge on any atom is -0.378 e. The molecule has 0 bridgehead atoms. The predicted molar refractivity (Wildman–Crippen MR) is 92.0 cm³/mol. The summed E-state index contributed by atoms with van der Waals surface area (Å²) < 4.78 is 5.68. The number of carbonyl (C=O) groups is 1. The van der Waals surface area contributed by atoms with Crippen molar-refractivity contribution in [1.82, 2.24) is 5.32 Å². The number of hydrogen-bond donors (Lipinski definition) is 1. The Labute approximate surface area is 135 Å². The Kier molecular flexibility index (Phi) is 7.60. The number of hydrogen-bond acceptors (Lipinski definition) is 2. The lowest BCUT2D eigenvalue weighted by atomic mass is 9.84. The van der Waals surface area contributed by atoms with E-state index < -0.39 is 0 Å².